The molecule has 3 rings (SSSR count). The van der Waals surface area contributed by atoms with Crippen LogP contribution >= 0.6 is 12.2 Å². The zero-order valence-corrected chi connectivity index (χ0v) is 15.3. The minimum Gasteiger partial charge on any atom is -0.360 e. The summed E-state index contributed by atoms with van der Waals surface area (Å²) in [4.78, 5) is 14.5. The van der Waals surface area contributed by atoms with E-state index in [2.05, 4.69) is 39.8 Å². The van der Waals surface area contributed by atoms with Crippen molar-refractivity contribution in [3.63, 3.8) is 0 Å². The maximum atomic E-state index is 12.9. The van der Waals surface area contributed by atoms with Gasteiger partial charge >= 0.3 is 0 Å². The van der Waals surface area contributed by atoms with Crippen LogP contribution in [-0.2, 0) is 6.54 Å². The zero-order valence-electron chi connectivity index (χ0n) is 14.5. The van der Waals surface area contributed by atoms with Crippen molar-refractivity contribution in [3.8, 4) is 0 Å². The Morgan fingerprint density at radius 2 is 1.73 bits per heavy atom. The standard InChI is InChI=1S/C20H22FN3OS/c21-17-8-6-16(7-9-17)19(25)23-20(26)22-18-10-12-24(13-11-18)14-15-4-2-1-3-5-15/h1-9,18H,10-14H2,(H2,22,23,25,26). The highest BCUT2D eigenvalue weighted by Gasteiger charge is 2.20. The second-order valence-corrected chi connectivity index (χ2v) is 6.88. The molecule has 0 unspecified atom stereocenters. The van der Waals surface area contributed by atoms with Crippen molar-refractivity contribution in [2.24, 2.45) is 0 Å². The van der Waals surface area contributed by atoms with Crippen LogP contribution in [0.15, 0.2) is 54.6 Å². The van der Waals surface area contributed by atoms with Crippen molar-refractivity contribution in [3.05, 3.63) is 71.5 Å². The number of halogens is 1. The molecule has 1 amide bonds. The monoisotopic (exact) mass is 371 g/mol. The molecule has 26 heavy (non-hydrogen) atoms. The van der Waals surface area contributed by atoms with Gasteiger partial charge in [-0.15, -0.1) is 0 Å². The quantitative estimate of drug-likeness (QED) is 0.811. The van der Waals surface area contributed by atoms with Gasteiger partial charge in [0.2, 0.25) is 0 Å². The molecular formula is C20H22FN3OS. The Morgan fingerprint density at radius 3 is 2.38 bits per heavy atom. The highest BCUT2D eigenvalue weighted by atomic mass is 32.1. The van der Waals surface area contributed by atoms with Gasteiger partial charge < -0.3 is 5.32 Å². The van der Waals surface area contributed by atoms with Gasteiger partial charge in [0, 0.05) is 31.2 Å². The van der Waals surface area contributed by atoms with E-state index < -0.39 is 0 Å². The lowest BCUT2D eigenvalue weighted by molar-refractivity contribution is 0.0976. The van der Waals surface area contributed by atoms with Gasteiger partial charge in [-0.05, 0) is 54.9 Å². The van der Waals surface area contributed by atoms with Crippen LogP contribution in [-0.4, -0.2) is 35.1 Å². The molecule has 0 radical (unpaired) electrons. The Kier molecular flexibility index (Phi) is 6.30. The summed E-state index contributed by atoms with van der Waals surface area (Å²) >= 11 is 5.24. The lowest BCUT2D eigenvalue weighted by Crippen LogP contribution is -2.48. The van der Waals surface area contributed by atoms with Gasteiger partial charge in [-0.2, -0.15) is 0 Å². The van der Waals surface area contributed by atoms with E-state index in [1.165, 1.54) is 29.8 Å². The number of nitrogens with zero attached hydrogens (tertiary/aromatic N) is 1. The maximum Gasteiger partial charge on any atom is 0.257 e. The summed E-state index contributed by atoms with van der Waals surface area (Å²) in [6.45, 7) is 2.93. The number of benzene rings is 2. The summed E-state index contributed by atoms with van der Waals surface area (Å²) in [5, 5.41) is 6.19. The molecule has 1 aliphatic rings. The number of rotatable bonds is 4. The van der Waals surface area contributed by atoms with Crippen LogP contribution in [0.25, 0.3) is 0 Å². The molecule has 0 atom stereocenters. The van der Waals surface area contributed by atoms with Crippen LogP contribution in [0.2, 0.25) is 0 Å². The van der Waals surface area contributed by atoms with Crippen molar-refractivity contribution in [1.29, 1.82) is 0 Å². The lowest BCUT2D eigenvalue weighted by atomic mass is 10.0. The van der Waals surface area contributed by atoms with Gasteiger partial charge in [0.05, 0.1) is 0 Å². The average Bonchev–Trinajstić information content (AvgIpc) is 2.64. The predicted molar refractivity (Wildman–Crippen MR) is 104 cm³/mol. The molecule has 2 N–H and O–H groups in total. The van der Waals surface area contributed by atoms with Gasteiger partial charge in [0.1, 0.15) is 5.82 Å². The number of thiocarbonyl (C=S) groups is 1. The van der Waals surface area contributed by atoms with Crippen LogP contribution in [0.3, 0.4) is 0 Å². The molecule has 2 aromatic rings. The Morgan fingerprint density at radius 1 is 1.08 bits per heavy atom. The molecule has 6 heteroatoms. The molecule has 0 aliphatic carbocycles. The molecule has 4 nitrogen and oxygen atoms in total. The smallest absolute Gasteiger partial charge is 0.257 e. The summed E-state index contributed by atoms with van der Waals surface area (Å²) < 4.78 is 12.9. The number of hydrogen-bond donors (Lipinski definition) is 2. The normalized spacial score (nSPS) is 15.4. The third kappa shape index (κ3) is 5.34. The average molecular weight is 371 g/mol. The van der Waals surface area contributed by atoms with Gasteiger partial charge in [-0.1, -0.05) is 30.3 Å². The van der Waals surface area contributed by atoms with Crippen molar-refractivity contribution >= 4 is 23.2 Å². The van der Waals surface area contributed by atoms with E-state index in [0.717, 1.165) is 32.5 Å². The summed E-state index contributed by atoms with van der Waals surface area (Å²) in [7, 11) is 0. The van der Waals surface area contributed by atoms with E-state index in [4.69, 9.17) is 12.2 Å². The van der Waals surface area contributed by atoms with Crippen LogP contribution in [0, 0.1) is 5.82 Å². The lowest BCUT2D eigenvalue weighted by Gasteiger charge is -2.32. The largest absolute Gasteiger partial charge is 0.360 e. The summed E-state index contributed by atoms with van der Waals surface area (Å²) in [6, 6.07) is 16.1. The van der Waals surface area contributed by atoms with E-state index >= 15 is 0 Å². The Balaban J connectivity index is 1.41. The number of amides is 1. The first-order valence-electron chi connectivity index (χ1n) is 8.74. The minimum absolute atomic E-state index is 0.253. The summed E-state index contributed by atoms with van der Waals surface area (Å²) in [6.07, 6.45) is 1.94. The molecule has 2 aromatic carbocycles. The number of piperidine rings is 1. The first-order chi connectivity index (χ1) is 12.6. The fraction of sp³-hybridized carbons (Fsp3) is 0.300. The molecule has 136 valence electrons. The predicted octanol–water partition coefficient (Wildman–Crippen LogP) is 3.09. The summed E-state index contributed by atoms with van der Waals surface area (Å²) in [5.41, 5.74) is 1.70. The van der Waals surface area contributed by atoms with E-state index in [1.54, 1.807) is 0 Å². The first kappa shape index (κ1) is 18.5. The van der Waals surface area contributed by atoms with Crippen molar-refractivity contribution < 1.29 is 9.18 Å². The van der Waals surface area contributed by atoms with Crippen molar-refractivity contribution in [2.75, 3.05) is 13.1 Å². The molecule has 1 saturated heterocycles. The maximum absolute atomic E-state index is 12.9. The van der Waals surface area contributed by atoms with Gasteiger partial charge in [-0.25, -0.2) is 4.39 Å². The number of nitrogens with one attached hydrogen (secondary N) is 2. The number of likely N-dealkylation sites (tertiary alicyclic amines) is 1. The Bertz CT molecular complexity index is 743. The van der Waals surface area contributed by atoms with E-state index in [9.17, 15) is 9.18 Å². The molecule has 0 saturated carbocycles. The second kappa shape index (κ2) is 8.87. The molecule has 0 bridgehead atoms. The second-order valence-electron chi connectivity index (χ2n) is 6.47. The molecule has 1 heterocycles. The van der Waals surface area contributed by atoms with E-state index in [1.807, 2.05) is 6.07 Å². The van der Waals surface area contributed by atoms with Crippen LogP contribution in [0.5, 0.6) is 0 Å². The number of hydrogen-bond acceptors (Lipinski definition) is 3. The van der Waals surface area contributed by atoms with Gasteiger partial charge in [0.25, 0.3) is 5.91 Å². The zero-order chi connectivity index (χ0) is 18.4. The fourth-order valence-electron chi connectivity index (χ4n) is 3.08. The molecular weight excluding hydrogens is 349 g/mol. The fourth-order valence-corrected chi connectivity index (χ4v) is 3.33. The Labute approximate surface area is 158 Å². The van der Waals surface area contributed by atoms with Crippen LogP contribution in [0.4, 0.5) is 4.39 Å². The minimum atomic E-state index is -0.371. The van der Waals surface area contributed by atoms with Crippen LogP contribution in [0.1, 0.15) is 28.8 Å². The highest BCUT2D eigenvalue weighted by molar-refractivity contribution is 7.80. The van der Waals surface area contributed by atoms with Gasteiger partial charge in [0.15, 0.2) is 5.11 Å². The first-order valence-corrected chi connectivity index (χ1v) is 9.14. The third-order valence-corrected chi connectivity index (χ3v) is 4.73. The van der Waals surface area contributed by atoms with E-state index in [-0.39, 0.29) is 17.8 Å². The highest BCUT2D eigenvalue weighted by Crippen LogP contribution is 2.14. The topological polar surface area (TPSA) is 44.4 Å². The molecule has 1 aliphatic heterocycles. The number of carbonyl (C=O) groups is 1. The molecule has 0 spiro atoms. The molecule has 0 aromatic heterocycles. The van der Waals surface area contributed by atoms with Crippen molar-refractivity contribution in [2.45, 2.75) is 25.4 Å². The Hall–Kier alpha value is -2.31. The third-order valence-electron chi connectivity index (χ3n) is 4.51. The van der Waals surface area contributed by atoms with Crippen molar-refractivity contribution in [1.82, 2.24) is 15.5 Å². The van der Waals surface area contributed by atoms with Crippen LogP contribution < -0.4 is 10.6 Å². The molecule has 1 fully saturated rings. The number of carbonyl (C=O) groups excluding carboxylic acids is 1. The SMILES string of the molecule is O=C(NC(=S)NC1CCN(Cc2ccccc2)CC1)c1ccc(F)cc1. The van der Waals surface area contributed by atoms with Gasteiger partial charge in [-0.3, -0.25) is 15.0 Å². The van der Waals surface area contributed by atoms with E-state index in [0.29, 0.717) is 10.7 Å². The summed E-state index contributed by atoms with van der Waals surface area (Å²) in [5.74, 6) is -0.700.